The molecule has 0 aromatic carbocycles. The van der Waals surface area contributed by atoms with Gasteiger partial charge in [-0.3, -0.25) is 37.3 Å². The molecule has 0 radical (unpaired) electrons. The second-order valence-corrected chi connectivity index (χ2v) is 27.8. The third kappa shape index (κ3) is 71.3. The van der Waals surface area contributed by atoms with Crippen LogP contribution in [-0.4, -0.2) is 96.7 Å². The van der Waals surface area contributed by atoms with E-state index in [2.05, 4.69) is 131 Å². The smallest absolute Gasteiger partial charge is 0.462 e. The molecule has 17 nitrogen and oxygen atoms in total. The van der Waals surface area contributed by atoms with E-state index in [9.17, 15) is 43.2 Å². The molecule has 0 aliphatic heterocycles. The van der Waals surface area contributed by atoms with Crippen LogP contribution >= 0.6 is 15.6 Å². The van der Waals surface area contributed by atoms with Crippen LogP contribution in [0.3, 0.4) is 0 Å². The average Bonchev–Trinajstić information content (AvgIpc) is 0.953. The Labute approximate surface area is 605 Å². The number of hydrogen-bond donors (Lipinski definition) is 3. The van der Waals surface area contributed by atoms with Crippen molar-refractivity contribution in [3.05, 3.63) is 146 Å². The lowest BCUT2D eigenvalue weighted by molar-refractivity contribution is -0.161. The van der Waals surface area contributed by atoms with Gasteiger partial charge in [0.2, 0.25) is 0 Å². The Bertz CT molecular complexity index is 2470. The first-order chi connectivity index (χ1) is 48.7. The summed E-state index contributed by atoms with van der Waals surface area (Å²) < 4.78 is 68.2. The predicted octanol–water partition coefficient (Wildman–Crippen LogP) is 21.9. The number of aliphatic hydroxyl groups is 1. The van der Waals surface area contributed by atoms with Gasteiger partial charge in [0.1, 0.15) is 19.3 Å². The molecule has 5 atom stereocenters. The Balaban J connectivity index is 5.45. The molecule has 19 heteroatoms. The minimum Gasteiger partial charge on any atom is -0.462 e. The highest BCUT2D eigenvalue weighted by atomic mass is 31.2. The normalized spacial score (nSPS) is 14.8. The minimum atomic E-state index is -5.00. The van der Waals surface area contributed by atoms with Gasteiger partial charge >= 0.3 is 39.5 Å². The molecule has 100 heavy (non-hydrogen) atoms. The van der Waals surface area contributed by atoms with Crippen molar-refractivity contribution in [1.29, 1.82) is 0 Å². The van der Waals surface area contributed by atoms with Crippen molar-refractivity contribution in [3.63, 3.8) is 0 Å². The van der Waals surface area contributed by atoms with Crippen molar-refractivity contribution in [1.82, 2.24) is 0 Å². The highest BCUT2D eigenvalue weighted by Gasteiger charge is 2.30. The Hall–Kier alpha value is -5.06. The van der Waals surface area contributed by atoms with Gasteiger partial charge in [0, 0.05) is 19.3 Å². The Morgan fingerprint density at radius 2 is 0.590 bits per heavy atom. The van der Waals surface area contributed by atoms with Crippen molar-refractivity contribution in [2.75, 3.05) is 39.6 Å². The summed E-state index contributed by atoms with van der Waals surface area (Å²) in [6.45, 7) is 4.39. The van der Waals surface area contributed by atoms with Crippen molar-refractivity contribution >= 4 is 39.5 Å². The Morgan fingerprint density at radius 1 is 0.300 bits per heavy atom. The number of esters is 4. The molecule has 570 valence electrons. The van der Waals surface area contributed by atoms with E-state index in [4.69, 9.17) is 37.0 Å². The maximum absolute atomic E-state index is 13.1. The topological polar surface area (TPSA) is 237 Å². The molecule has 0 heterocycles. The third-order valence-electron chi connectivity index (χ3n) is 15.3. The monoisotopic (exact) mass is 1440 g/mol. The molecule has 0 rings (SSSR count). The molecule has 0 aromatic heterocycles. The predicted molar refractivity (Wildman–Crippen MR) is 408 cm³/mol. The van der Waals surface area contributed by atoms with Crippen LogP contribution in [-0.2, 0) is 65.4 Å². The summed E-state index contributed by atoms with van der Waals surface area (Å²) in [7, 11) is -10.00. The number of unbranched alkanes of at least 4 members (excludes halogenated alkanes) is 21. The molecule has 0 saturated heterocycles. The van der Waals surface area contributed by atoms with Gasteiger partial charge in [0.05, 0.1) is 32.8 Å². The summed E-state index contributed by atoms with van der Waals surface area (Å²) in [4.78, 5) is 72.7. The Kier molecular flexibility index (Phi) is 68.6. The van der Waals surface area contributed by atoms with E-state index in [1.807, 2.05) is 36.5 Å². The number of carbonyl (C=O) groups is 4. The van der Waals surface area contributed by atoms with Gasteiger partial charge in [0.15, 0.2) is 12.2 Å². The highest BCUT2D eigenvalue weighted by Crippen LogP contribution is 2.45. The molecule has 0 amide bonds. The van der Waals surface area contributed by atoms with Crippen LogP contribution in [0.25, 0.3) is 0 Å². The Morgan fingerprint density at radius 3 is 0.960 bits per heavy atom. The highest BCUT2D eigenvalue weighted by molar-refractivity contribution is 7.47. The maximum atomic E-state index is 13.1. The van der Waals surface area contributed by atoms with Gasteiger partial charge in [-0.2, -0.15) is 0 Å². The number of phosphoric acid groups is 2. The van der Waals surface area contributed by atoms with E-state index in [0.717, 1.165) is 128 Å². The van der Waals surface area contributed by atoms with Gasteiger partial charge in [0.25, 0.3) is 0 Å². The third-order valence-corrected chi connectivity index (χ3v) is 17.2. The van der Waals surface area contributed by atoms with Crippen LogP contribution in [0.1, 0.15) is 285 Å². The van der Waals surface area contributed by atoms with E-state index in [1.54, 1.807) is 6.08 Å². The van der Waals surface area contributed by atoms with Crippen LogP contribution in [0.5, 0.6) is 0 Å². The van der Waals surface area contributed by atoms with E-state index < -0.39 is 97.5 Å². The van der Waals surface area contributed by atoms with Crippen LogP contribution in [0.15, 0.2) is 146 Å². The van der Waals surface area contributed by atoms with Crippen molar-refractivity contribution in [2.24, 2.45) is 0 Å². The summed E-state index contributed by atoms with van der Waals surface area (Å²) in [5, 5.41) is 10.6. The molecule has 3 N–H and O–H groups in total. The van der Waals surface area contributed by atoms with E-state index in [1.165, 1.54) is 70.6 Å². The largest absolute Gasteiger partial charge is 0.472 e. The van der Waals surface area contributed by atoms with E-state index >= 15 is 0 Å². The van der Waals surface area contributed by atoms with Crippen molar-refractivity contribution in [3.8, 4) is 0 Å². The number of rotatable bonds is 70. The standard InChI is InChI=1S/C81H134O17P2/c1-5-9-13-17-21-25-29-32-35-36-37-38-41-43-47-50-54-58-62-66-79(84)91-71-76(97-80(85)67-63-59-55-51-45-28-24-20-16-12-8-4)73-95-99(87,88)93-69-75(82)70-94-100(89,90)96-74-77(98-81(86)68-64-60-56-52-48-44-40-34-31-27-23-19-15-11-7-3)72-92-78(83)65-61-57-53-49-46-42-39-33-30-26-22-18-14-10-6-2/h9-10,13-14,20-22,24-26,32-33,35,37-39,43,46-47,49,54,57-58,61,75-77,82H,5-8,11-12,15-19,23,27-31,34,36,40-42,44-45,48,50-53,55-56,59-60,62-74H2,1-4H3,(H,87,88)(H,89,90)/b13-9-,14-10-,24-20-,25-21-,26-22-,35-32-,38-37-,39-33-,47-43-,49-46-,58-54-,61-57-. The number of hydrogen-bond acceptors (Lipinski definition) is 15. The zero-order chi connectivity index (χ0) is 73.2. The fourth-order valence-corrected chi connectivity index (χ4v) is 11.2. The van der Waals surface area contributed by atoms with E-state index in [-0.39, 0.29) is 25.7 Å². The number of ether oxygens (including phenoxy) is 4. The summed E-state index contributed by atoms with van der Waals surface area (Å²) >= 11 is 0. The molecule has 5 unspecified atom stereocenters. The molecule has 0 aliphatic rings. The van der Waals surface area contributed by atoms with Crippen molar-refractivity contribution in [2.45, 2.75) is 303 Å². The molecular formula is C81H134O17P2. The number of phosphoric ester groups is 2. The van der Waals surface area contributed by atoms with Gasteiger partial charge in [-0.15, -0.1) is 0 Å². The number of carbonyl (C=O) groups excluding carboxylic acids is 4. The average molecular weight is 1440 g/mol. The molecule has 0 fully saturated rings. The quantitative estimate of drug-likeness (QED) is 0.0169. The summed E-state index contributed by atoms with van der Waals surface area (Å²) in [6, 6.07) is 0. The molecule has 0 bridgehead atoms. The fourth-order valence-electron chi connectivity index (χ4n) is 9.59. The minimum absolute atomic E-state index is 0.0294. The fraction of sp³-hybridized carbons (Fsp3) is 0.654. The molecule has 0 spiro atoms. The molecule has 0 aromatic rings. The number of allylic oxidation sites excluding steroid dienone is 23. The van der Waals surface area contributed by atoms with Crippen molar-refractivity contribution < 1.29 is 80.2 Å². The number of aliphatic hydroxyl groups excluding tert-OH is 1. The first kappa shape index (κ1) is 94.9. The molecule has 0 saturated carbocycles. The second-order valence-electron chi connectivity index (χ2n) is 24.8. The summed E-state index contributed by atoms with van der Waals surface area (Å²) in [6.07, 6.45) is 81.8. The summed E-state index contributed by atoms with van der Waals surface area (Å²) in [5.74, 6) is -2.43. The lowest BCUT2D eigenvalue weighted by Crippen LogP contribution is -2.30. The van der Waals surface area contributed by atoms with Gasteiger partial charge in [-0.1, -0.05) is 296 Å². The lowest BCUT2D eigenvalue weighted by Gasteiger charge is -2.21. The first-order valence-corrected chi connectivity index (χ1v) is 41.1. The zero-order valence-corrected chi connectivity index (χ0v) is 63.9. The van der Waals surface area contributed by atoms with Gasteiger partial charge < -0.3 is 33.8 Å². The first-order valence-electron chi connectivity index (χ1n) is 38.1. The van der Waals surface area contributed by atoms with Gasteiger partial charge in [-0.25, -0.2) is 9.13 Å². The SMILES string of the molecule is CC/C=C\C/C=C\C/C=C\C/C=C\C/C=C\C/C=C\CCC(=O)OCC(COP(=O)(O)OCC(O)COP(=O)(O)OCC(COC(=O)C/C=C\C/C=C\C/C=C\C/C=C\C/C=C\CC)OC(=O)CCCCCCCCCCCCCCCCC)OC(=O)CCCCCCC/C=C\CCCC. The second kappa shape index (κ2) is 72.3. The molecular weight excluding hydrogens is 1310 g/mol. The maximum Gasteiger partial charge on any atom is 0.472 e. The van der Waals surface area contributed by atoms with Crippen LogP contribution in [0.4, 0.5) is 0 Å². The zero-order valence-electron chi connectivity index (χ0n) is 62.1. The summed E-state index contributed by atoms with van der Waals surface area (Å²) in [5.41, 5.74) is 0. The molecule has 0 aliphatic carbocycles. The van der Waals surface area contributed by atoms with Gasteiger partial charge in [-0.05, 0) is 109 Å². The lowest BCUT2D eigenvalue weighted by atomic mass is 10.0. The van der Waals surface area contributed by atoms with E-state index in [0.29, 0.717) is 32.1 Å². The van der Waals surface area contributed by atoms with Crippen LogP contribution in [0.2, 0.25) is 0 Å². The van der Waals surface area contributed by atoms with Crippen LogP contribution in [0, 0.1) is 0 Å². The van der Waals surface area contributed by atoms with Crippen LogP contribution < -0.4 is 0 Å².